The zero-order valence-electron chi connectivity index (χ0n) is 20.2. The molecule has 0 unspecified atom stereocenters. The molecule has 7 heteroatoms. The van der Waals surface area contributed by atoms with Crippen molar-refractivity contribution in [1.29, 1.82) is 0 Å². The fraction of sp³-hybridized carbons (Fsp3) is 0.250. The lowest BCUT2D eigenvalue weighted by Crippen LogP contribution is -2.45. The van der Waals surface area contributed by atoms with E-state index in [0.29, 0.717) is 11.3 Å². The summed E-state index contributed by atoms with van der Waals surface area (Å²) in [6, 6.07) is 25.6. The molecule has 1 fully saturated rings. The predicted molar refractivity (Wildman–Crippen MR) is 141 cm³/mol. The van der Waals surface area contributed by atoms with Crippen LogP contribution in [0.15, 0.2) is 84.0 Å². The molecule has 0 saturated carbocycles. The lowest BCUT2D eigenvalue weighted by Gasteiger charge is -2.36. The SMILES string of the molecule is CC(=O)Nc1ccc(/C(C)=N\NC(=O)c2ccc(CN3CCN(c4ccccc4)CC3)cc2)cc1. The third-order valence-electron chi connectivity index (χ3n) is 6.06. The Balaban J connectivity index is 1.27. The third kappa shape index (κ3) is 6.77. The Labute approximate surface area is 206 Å². The Morgan fingerprint density at radius 3 is 2.06 bits per heavy atom. The molecular weight excluding hydrogens is 438 g/mol. The lowest BCUT2D eigenvalue weighted by molar-refractivity contribution is -0.114. The summed E-state index contributed by atoms with van der Waals surface area (Å²) in [6.07, 6.45) is 0. The number of hydrogen-bond donors (Lipinski definition) is 2. The zero-order chi connectivity index (χ0) is 24.6. The smallest absolute Gasteiger partial charge is 0.271 e. The van der Waals surface area contributed by atoms with Crippen molar-refractivity contribution in [2.45, 2.75) is 20.4 Å². The van der Waals surface area contributed by atoms with Gasteiger partial charge >= 0.3 is 0 Å². The van der Waals surface area contributed by atoms with E-state index in [2.05, 4.69) is 49.9 Å². The zero-order valence-corrected chi connectivity index (χ0v) is 20.2. The van der Waals surface area contributed by atoms with Crippen molar-refractivity contribution in [3.05, 3.63) is 95.6 Å². The van der Waals surface area contributed by atoms with Crippen LogP contribution in [0.5, 0.6) is 0 Å². The van der Waals surface area contributed by atoms with Crippen LogP contribution in [0.4, 0.5) is 11.4 Å². The van der Waals surface area contributed by atoms with Gasteiger partial charge in [0.15, 0.2) is 0 Å². The molecule has 3 aromatic rings. The van der Waals surface area contributed by atoms with Crippen molar-refractivity contribution in [2.75, 3.05) is 36.4 Å². The molecule has 3 aromatic carbocycles. The van der Waals surface area contributed by atoms with Crippen LogP contribution in [0.25, 0.3) is 0 Å². The quantitative estimate of drug-likeness (QED) is 0.403. The van der Waals surface area contributed by atoms with Crippen LogP contribution in [-0.2, 0) is 11.3 Å². The summed E-state index contributed by atoms with van der Waals surface area (Å²) in [5.41, 5.74) is 7.93. The van der Waals surface area contributed by atoms with Crippen LogP contribution >= 0.6 is 0 Å². The van der Waals surface area contributed by atoms with E-state index in [9.17, 15) is 9.59 Å². The van der Waals surface area contributed by atoms with Crippen molar-refractivity contribution >= 4 is 28.9 Å². The highest BCUT2D eigenvalue weighted by atomic mass is 16.2. The van der Waals surface area contributed by atoms with Crippen LogP contribution < -0.4 is 15.6 Å². The number of carbonyl (C=O) groups excluding carboxylic acids is 2. The van der Waals surface area contributed by atoms with Gasteiger partial charge in [-0.05, 0) is 54.4 Å². The summed E-state index contributed by atoms with van der Waals surface area (Å²) in [5, 5.41) is 6.95. The number of carbonyl (C=O) groups is 2. The van der Waals surface area contributed by atoms with Crippen LogP contribution in [0.3, 0.4) is 0 Å². The number of para-hydroxylation sites is 1. The molecule has 180 valence electrons. The molecule has 1 saturated heterocycles. The topological polar surface area (TPSA) is 77.0 Å². The van der Waals surface area contributed by atoms with E-state index in [4.69, 9.17) is 0 Å². The molecular formula is C28H31N5O2. The van der Waals surface area contributed by atoms with Gasteiger partial charge < -0.3 is 10.2 Å². The molecule has 1 aliphatic rings. The first kappa shape index (κ1) is 24.2. The summed E-state index contributed by atoms with van der Waals surface area (Å²) in [7, 11) is 0. The number of rotatable bonds is 7. The molecule has 2 amide bonds. The Bertz CT molecular complexity index is 1170. The second kappa shape index (κ2) is 11.4. The van der Waals surface area contributed by atoms with Crippen molar-refractivity contribution in [1.82, 2.24) is 10.3 Å². The van der Waals surface area contributed by atoms with Gasteiger partial charge in [-0.2, -0.15) is 5.10 Å². The van der Waals surface area contributed by atoms with Crippen molar-refractivity contribution in [3.8, 4) is 0 Å². The normalized spacial score (nSPS) is 14.5. The summed E-state index contributed by atoms with van der Waals surface area (Å²) in [6.45, 7) is 8.21. The molecule has 7 nitrogen and oxygen atoms in total. The van der Waals surface area contributed by atoms with Crippen LogP contribution in [0.2, 0.25) is 0 Å². The van der Waals surface area contributed by atoms with Crippen LogP contribution in [0.1, 0.15) is 35.3 Å². The Hall–Kier alpha value is -3.97. The average Bonchev–Trinajstić information content (AvgIpc) is 2.88. The summed E-state index contributed by atoms with van der Waals surface area (Å²) in [5.74, 6) is -0.366. The monoisotopic (exact) mass is 469 g/mol. The van der Waals surface area contributed by atoms with E-state index in [1.165, 1.54) is 18.2 Å². The minimum atomic E-state index is -0.248. The molecule has 0 aliphatic carbocycles. The first-order valence-electron chi connectivity index (χ1n) is 11.8. The number of hydrazone groups is 1. The largest absolute Gasteiger partial charge is 0.369 e. The molecule has 4 rings (SSSR count). The molecule has 0 spiro atoms. The van der Waals surface area contributed by atoms with E-state index in [1.54, 1.807) is 12.1 Å². The minimum Gasteiger partial charge on any atom is -0.369 e. The van der Waals surface area contributed by atoms with Gasteiger partial charge in [0, 0.05) is 56.6 Å². The summed E-state index contributed by atoms with van der Waals surface area (Å²) < 4.78 is 0. The number of hydrogen-bond acceptors (Lipinski definition) is 5. The van der Waals surface area contributed by atoms with Crippen molar-refractivity contribution in [2.24, 2.45) is 5.10 Å². The summed E-state index contributed by atoms with van der Waals surface area (Å²) in [4.78, 5) is 28.5. The Morgan fingerprint density at radius 1 is 0.800 bits per heavy atom. The maximum Gasteiger partial charge on any atom is 0.271 e. The number of benzene rings is 3. The van der Waals surface area contributed by atoms with E-state index >= 15 is 0 Å². The maximum atomic E-state index is 12.5. The van der Waals surface area contributed by atoms with Crippen molar-refractivity contribution in [3.63, 3.8) is 0 Å². The first-order valence-corrected chi connectivity index (χ1v) is 11.8. The highest BCUT2D eigenvalue weighted by Crippen LogP contribution is 2.17. The fourth-order valence-corrected chi connectivity index (χ4v) is 4.08. The van der Waals surface area contributed by atoms with Gasteiger partial charge in [0.1, 0.15) is 0 Å². The van der Waals surface area contributed by atoms with Gasteiger partial charge in [0.25, 0.3) is 5.91 Å². The number of nitrogens with zero attached hydrogens (tertiary/aromatic N) is 3. The Morgan fingerprint density at radius 2 is 1.43 bits per heavy atom. The van der Waals surface area contributed by atoms with Gasteiger partial charge in [-0.25, -0.2) is 5.43 Å². The highest BCUT2D eigenvalue weighted by molar-refractivity contribution is 6.01. The van der Waals surface area contributed by atoms with Gasteiger partial charge in [0.05, 0.1) is 5.71 Å². The first-order chi connectivity index (χ1) is 17.0. The molecule has 0 atom stereocenters. The number of nitrogens with one attached hydrogen (secondary N) is 2. The molecule has 0 bridgehead atoms. The van der Waals surface area contributed by atoms with Crippen LogP contribution in [-0.4, -0.2) is 48.6 Å². The maximum absolute atomic E-state index is 12.5. The number of anilines is 2. The fourth-order valence-electron chi connectivity index (χ4n) is 4.08. The number of piperazine rings is 1. The van der Waals surface area contributed by atoms with E-state index in [0.717, 1.165) is 44.0 Å². The van der Waals surface area contributed by atoms with Crippen molar-refractivity contribution < 1.29 is 9.59 Å². The molecule has 0 aromatic heterocycles. The van der Waals surface area contributed by atoms with Gasteiger partial charge in [-0.1, -0.05) is 42.5 Å². The average molecular weight is 470 g/mol. The third-order valence-corrected chi connectivity index (χ3v) is 6.06. The van der Waals surface area contributed by atoms with Gasteiger partial charge in [0.2, 0.25) is 5.91 Å². The second-order valence-corrected chi connectivity index (χ2v) is 8.69. The summed E-state index contributed by atoms with van der Waals surface area (Å²) >= 11 is 0. The Kier molecular flexibility index (Phi) is 7.90. The highest BCUT2D eigenvalue weighted by Gasteiger charge is 2.17. The molecule has 35 heavy (non-hydrogen) atoms. The predicted octanol–water partition coefficient (Wildman–Crippen LogP) is 4.12. The minimum absolute atomic E-state index is 0.118. The van der Waals surface area contributed by atoms with E-state index in [-0.39, 0.29) is 11.8 Å². The molecule has 0 radical (unpaired) electrons. The van der Waals surface area contributed by atoms with Gasteiger partial charge in [-0.15, -0.1) is 0 Å². The molecule has 2 N–H and O–H groups in total. The lowest BCUT2D eigenvalue weighted by atomic mass is 10.1. The van der Waals surface area contributed by atoms with E-state index < -0.39 is 0 Å². The standard InChI is InChI=1S/C28H31N5O2/c1-21(24-12-14-26(15-13-24)29-22(2)34)30-31-28(35)25-10-8-23(9-11-25)20-32-16-18-33(19-17-32)27-6-4-3-5-7-27/h3-15H,16-20H2,1-2H3,(H,29,34)(H,31,35)/b30-21-. The number of amides is 2. The second-order valence-electron chi connectivity index (χ2n) is 8.69. The molecule has 1 heterocycles. The van der Waals surface area contributed by atoms with E-state index in [1.807, 2.05) is 49.4 Å². The molecule has 1 aliphatic heterocycles. The van der Waals surface area contributed by atoms with Crippen LogP contribution in [0, 0.1) is 0 Å². The van der Waals surface area contributed by atoms with Gasteiger partial charge in [-0.3, -0.25) is 14.5 Å².